The predicted octanol–water partition coefficient (Wildman–Crippen LogP) is 12.7. The van der Waals surface area contributed by atoms with Gasteiger partial charge in [-0.25, -0.2) is 10.4 Å². The topological polar surface area (TPSA) is 35.5 Å². The van der Waals surface area contributed by atoms with E-state index in [-0.39, 0.29) is 0 Å². The van der Waals surface area contributed by atoms with Crippen molar-refractivity contribution in [3.63, 3.8) is 0 Å². The van der Waals surface area contributed by atoms with Crippen molar-refractivity contribution < 1.29 is 5.11 Å². The summed E-state index contributed by atoms with van der Waals surface area (Å²) in [6, 6.07) is 0. The maximum absolute atomic E-state index is 9.84. The summed E-state index contributed by atoms with van der Waals surface area (Å²) in [5.41, 5.74) is 3.27. The van der Waals surface area contributed by atoms with Crippen LogP contribution in [0, 0.1) is 0 Å². The van der Waals surface area contributed by atoms with Crippen LogP contribution in [-0.4, -0.2) is 29.4 Å². The minimum absolute atomic E-state index is 0.447. The first kappa shape index (κ1) is 40.9. The standard InChI is InChI=1S/C38H80N2O/c1-4-6-8-10-12-14-16-18-20-22-24-26-28-30-32-34-36-40(39-38(3)41)37-35-33-31-29-27-25-23-21-19-17-15-13-11-9-7-5-2/h38-39,41H,4-37H2,1-3H3. The Morgan fingerprint density at radius 1 is 0.366 bits per heavy atom. The van der Waals surface area contributed by atoms with Crippen LogP contribution in [0.3, 0.4) is 0 Å². The summed E-state index contributed by atoms with van der Waals surface area (Å²) < 4.78 is 0. The lowest BCUT2D eigenvalue weighted by molar-refractivity contribution is 0.0443. The molecular weight excluding hydrogens is 500 g/mol. The molecule has 0 amide bonds. The number of nitrogens with one attached hydrogen (secondary N) is 1. The van der Waals surface area contributed by atoms with Gasteiger partial charge in [-0.1, -0.05) is 206 Å². The van der Waals surface area contributed by atoms with Gasteiger partial charge in [-0.2, -0.15) is 0 Å². The maximum Gasteiger partial charge on any atom is 0.114 e. The van der Waals surface area contributed by atoms with E-state index in [0.717, 1.165) is 13.1 Å². The Labute approximate surface area is 260 Å². The summed E-state index contributed by atoms with van der Waals surface area (Å²) in [4.78, 5) is 0. The SMILES string of the molecule is CCCCCCCCCCCCCCCCCCN(CCCCCCCCCCCCCCCCCC)NC(C)O. The van der Waals surface area contributed by atoms with E-state index in [1.165, 1.54) is 205 Å². The smallest absolute Gasteiger partial charge is 0.114 e. The van der Waals surface area contributed by atoms with Crippen LogP contribution in [0.1, 0.15) is 226 Å². The predicted molar refractivity (Wildman–Crippen MR) is 185 cm³/mol. The van der Waals surface area contributed by atoms with Gasteiger partial charge in [0.2, 0.25) is 0 Å². The minimum Gasteiger partial charge on any atom is -0.378 e. The molecule has 3 heteroatoms. The van der Waals surface area contributed by atoms with Gasteiger partial charge in [-0.05, 0) is 19.8 Å². The first-order valence-electron chi connectivity index (χ1n) is 19.4. The van der Waals surface area contributed by atoms with Gasteiger partial charge in [0.1, 0.15) is 6.23 Å². The van der Waals surface area contributed by atoms with E-state index in [1.807, 2.05) is 6.92 Å². The molecule has 2 N–H and O–H groups in total. The number of aliphatic hydroxyl groups excluding tert-OH is 1. The molecule has 41 heavy (non-hydrogen) atoms. The summed E-state index contributed by atoms with van der Waals surface area (Å²) in [6.07, 6.45) is 44.8. The van der Waals surface area contributed by atoms with E-state index in [4.69, 9.17) is 0 Å². The van der Waals surface area contributed by atoms with Gasteiger partial charge in [0.05, 0.1) is 0 Å². The Morgan fingerprint density at radius 3 is 0.756 bits per heavy atom. The van der Waals surface area contributed by atoms with E-state index >= 15 is 0 Å². The fraction of sp³-hybridized carbons (Fsp3) is 1.00. The lowest BCUT2D eigenvalue weighted by Crippen LogP contribution is -2.44. The Morgan fingerprint density at radius 2 is 0.561 bits per heavy atom. The molecule has 0 aromatic carbocycles. The first-order valence-corrected chi connectivity index (χ1v) is 19.4. The Hall–Kier alpha value is -0.120. The van der Waals surface area contributed by atoms with Gasteiger partial charge in [-0.15, -0.1) is 0 Å². The molecule has 3 nitrogen and oxygen atoms in total. The van der Waals surface area contributed by atoms with Crippen LogP contribution >= 0.6 is 0 Å². The average molecular weight is 581 g/mol. The molecule has 0 aliphatic heterocycles. The molecule has 0 rings (SSSR count). The molecule has 0 heterocycles. The highest BCUT2D eigenvalue weighted by atomic mass is 16.3. The molecule has 0 fully saturated rings. The highest BCUT2D eigenvalue weighted by Crippen LogP contribution is 2.15. The number of rotatable bonds is 36. The summed E-state index contributed by atoms with van der Waals surface area (Å²) in [5, 5.41) is 12.1. The molecule has 0 aromatic rings. The number of nitrogens with zero attached hydrogens (tertiary/aromatic N) is 1. The third-order valence-corrected chi connectivity index (χ3v) is 8.93. The molecule has 0 radical (unpaired) electrons. The number of hydrazine groups is 1. The zero-order valence-corrected chi connectivity index (χ0v) is 29.0. The fourth-order valence-electron chi connectivity index (χ4n) is 6.21. The van der Waals surface area contributed by atoms with Crippen molar-refractivity contribution in [3.8, 4) is 0 Å². The van der Waals surface area contributed by atoms with Crippen molar-refractivity contribution in [1.29, 1.82) is 0 Å². The number of aliphatic hydroxyl groups is 1. The molecular formula is C38H80N2O. The summed E-state index contributed by atoms with van der Waals surface area (Å²) in [5.74, 6) is 0. The van der Waals surface area contributed by atoms with Crippen LogP contribution in [0.15, 0.2) is 0 Å². The summed E-state index contributed by atoms with van der Waals surface area (Å²) >= 11 is 0. The Kier molecular flexibility index (Phi) is 36.0. The third kappa shape index (κ3) is 36.0. The van der Waals surface area contributed by atoms with Crippen molar-refractivity contribution in [2.75, 3.05) is 13.1 Å². The Bertz CT molecular complexity index is 420. The van der Waals surface area contributed by atoms with Crippen molar-refractivity contribution >= 4 is 0 Å². The molecule has 0 saturated heterocycles. The second-order valence-corrected chi connectivity index (χ2v) is 13.4. The molecule has 1 atom stereocenters. The molecule has 0 aromatic heterocycles. The van der Waals surface area contributed by atoms with Crippen LogP contribution in [0.25, 0.3) is 0 Å². The van der Waals surface area contributed by atoms with E-state index in [0.29, 0.717) is 0 Å². The molecule has 0 aliphatic carbocycles. The molecule has 0 spiro atoms. The molecule has 0 aliphatic rings. The van der Waals surface area contributed by atoms with Gasteiger partial charge in [0.15, 0.2) is 0 Å². The van der Waals surface area contributed by atoms with Crippen molar-refractivity contribution in [2.45, 2.75) is 232 Å². The van der Waals surface area contributed by atoms with E-state index in [2.05, 4.69) is 24.3 Å². The normalized spacial score (nSPS) is 12.5. The van der Waals surface area contributed by atoms with Crippen molar-refractivity contribution in [1.82, 2.24) is 10.4 Å². The van der Waals surface area contributed by atoms with Crippen LogP contribution in [-0.2, 0) is 0 Å². The molecule has 0 saturated carbocycles. The van der Waals surface area contributed by atoms with Crippen LogP contribution < -0.4 is 5.43 Å². The maximum atomic E-state index is 9.84. The van der Waals surface area contributed by atoms with E-state index in [1.54, 1.807) is 0 Å². The highest BCUT2D eigenvalue weighted by molar-refractivity contribution is 4.57. The number of hydrogen-bond donors (Lipinski definition) is 2. The van der Waals surface area contributed by atoms with Gasteiger partial charge >= 0.3 is 0 Å². The molecule has 0 bridgehead atoms. The van der Waals surface area contributed by atoms with E-state index in [9.17, 15) is 5.11 Å². The zero-order valence-electron chi connectivity index (χ0n) is 29.0. The van der Waals surface area contributed by atoms with Crippen LogP contribution in [0.2, 0.25) is 0 Å². The lowest BCUT2D eigenvalue weighted by atomic mass is 10.0. The second kappa shape index (κ2) is 36.1. The largest absolute Gasteiger partial charge is 0.378 e. The number of unbranched alkanes of at least 4 members (excludes halogenated alkanes) is 30. The van der Waals surface area contributed by atoms with Gasteiger partial charge in [0.25, 0.3) is 0 Å². The molecule has 248 valence electrons. The first-order chi connectivity index (χ1) is 20.2. The van der Waals surface area contributed by atoms with Gasteiger partial charge in [-0.3, -0.25) is 0 Å². The van der Waals surface area contributed by atoms with Crippen LogP contribution in [0.4, 0.5) is 0 Å². The van der Waals surface area contributed by atoms with Gasteiger partial charge < -0.3 is 5.11 Å². The summed E-state index contributed by atoms with van der Waals surface area (Å²) in [7, 11) is 0. The average Bonchev–Trinajstić information content (AvgIpc) is 2.96. The third-order valence-electron chi connectivity index (χ3n) is 8.93. The van der Waals surface area contributed by atoms with Crippen molar-refractivity contribution in [3.05, 3.63) is 0 Å². The van der Waals surface area contributed by atoms with Crippen molar-refractivity contribution in [2.24, 2.45) is 0 Å². The fourth-order valence-corrected chi connectivity index (χ4v) is 6.21. The quantitative estimate of drug-likeness (QED) is 0.0439. The summed E-state index contributed by atoms with van der Waals surface area (Å²) in [6.45, 7) is 8.58. The number of hydrogen-bond acceptors (Lipinski definition) is 3. The monoisotopic (exact) mass is 581 g/mol. The minimum atomic E-state index is -0.447. The lowest BCUT2D eigenvalue weighted by Gasteiger charge is -2.25. The Balaban J connectivity index is 3.46. The van der Waals surface area contributed by atoms with E-state index < -0.39 is 6.23 Å². The molecule has 1 unspecified atom stereocenters. The van der Waals surface area contributed by atoms with Gasteiger partial charge in [0, 0.05) is 13.1 Å². The zero-order chi connectivity index (χ0) is 29.9. The van der Waals surface area contributed by atoms with Crippen LogP contribution in [0.5, 0.6) is 0 Å². The second-order valence-electron chi connectivity index (χ2n) is 13.4. The highest BCUT2D eigenvalue weighted by Gasteiger charge is 2.07.